The highest BCUT2D eigenvalue weighted by atomic mass is 16.5. The van der Waals surface area contributed by atoms with Crippen LogP contribution in [0.3, 0.4) is 0 Å². The molecular weight excluding hydrogens is 514 g/mol. The molecule has 0 aromatic heterocycles. The van der Waals surface area contributed by atoms with Crippen LogP contribution in [-0.4, -0.2) is 117 Å². The number of benzene rings is 1. The first kappa shape index (κ1) is 30.0. The average Bonchev–Trinajstić information content (AvgIpc) is 3.40. The van der Waals surface area contributed by atoms with Crippen LogP contribution in [0.4, 0.5) is 0 Å². The van der Waals surface area contributed by atoms with Crippen LogP contribution in [0.1, 0.15) is 31.2 Å². The number of amides is 4. The minimum atomic E-state index is -0.562. The van der Waals surface area contributed by atoms with Crippen LogP contribution in [0, 0.1) is 11.8 Å². The average molecular weight is 558 g/mol. The minimum Gasteiger partial charge on any atom is -0.377 e. The quantitative estimate of drug-likeness (QED) is 0.532. The summed E-state index contributed by atoms with van der Waals surface area (Å²) in [6.45, 7) is 3.00. The van der Waals surface area contributed by atoms with Crippen molar-refractivity contribution in [2.45, 2.75) is 44.3 Å². The highest BCUT2D eigenvalue weighted by molar-refractivity contribution is 5.88. The summed E-state index contributed by atoms with van der Waals surface area (Å²) in [4.78, 5) is 58.2. The van der Waals surface area contributed by atoms with Crippen molar-refractivity contribution in [2.24, 2.45) is 11.8 Å². The van der Waals surface area contributed by atoms with Gasteiger partial charge in [-0.15, -0.1) is 0 Å². The van der Waals surface area contributed by atoms with Gasteiger partial charge in [-0.25, -0.2) is 0 Å². The van der Waals surface area contributed by atoms with Crippen molar-refractivity contribution >= 4 is 23.6 Å². The van der Waals surface area contributed by atoms with Gasteiger partial charge in [-0.3, -0.25) is 19.2 Å². The first-order chi connectivity index (χ1) is 19.3. The maximum atomic E-state index is 13.8. The van der Waals surface area contributed by atoms with Crippen LogP contribution in [-0.2, 0) is 35.2 Å². The van der Waals surface area contributed by atoms with E-state index in [0.29, 0.717) is 58.8 Å². The van der Waals surface area contributed by atoms with Crippen molar-refractivity contribution in [3.8, 4) is 0 Å². The van der Waals surface area contributed by atoms with Crippen molar-refractivity contribution in [3.63, 3.8) is 0 Å². The summed E-state index contributed by atoms with van der Waals surface area (Å²) in [5.41, 5.74) is 1.02. The van der Waals surface area contributed by atoms with Crippen LogP contribution in [0.25, 0.3) is 0 Å². The molecule has 4 atom stereocenters. The number of ether oxygens (including phenoxy) is 2. The fraction of sp³-hybridized carbons (Fsp3) is 0.655. The van der Waals surface area contributed by atoms with E-state index in [9.17, 15) is 19.2 Å². The Morgan fingerprint density at radius 1 is 1.05 bits per heavy atom. The first-order valence-electron chi connectivity index (χ1n) is 14.3. The molecule has 2 bridgehead atoms. The third-order valence-corrected chi connectivity index (χ3v) is 8.24. The molecule has 0 saturated carbocycles. The number of nitrogens with zero attached hydrogens (tertiary/aromatic N) is 3. The maximum absolute atomic E-state index is 13.8. The zero-order chi connectivity index (χ0) is 28.5. The van der Waals surface area contributed by atoms with Gasteiger partial charge in [0.15, 0.2) is 0 Å². The van der Waals surface area contributed by atoms with Gasteiger partial charge < -0.3 is 34.8 Å². The van der Waals surface area contributed by atoms with Crippen molar-refractivity contribution < 1.29 is 28.7 Å². The van der Waals surface area contributed by atoms with Crippen LogP contribution >= 0.6 is 0 Å². The number of rotatable bonds is 5. The smallest absolute Gasteiger partial charge is 0.248 e. The molecule has 0 aliphatic carbocycles. The van der Waals surface area contributed by atoms with Crippen LogP contribution in [0.2, 0.25) is 0 Å². The standard InChI is InChI=1S/C29H43N5O6/c1-32(2)24-16-25-29(38)30-9-11-39-12-13-40-20-28(37)33-10-8-22(23(18-33)15-27(36)34(25)19-24)14-26(35)31-17-21-6-4-3-5-7-21/h3-7,22-25H,8-20H2,1-2H3,(H,30,38)(H,31,35)/t22-,23-,24-,25-/m0/s1. The molecule has 0 radical (unpaired) electrons. The van der Waals surface area contributed by atoms with Gasteiger partial charge in [0, 0.05) is 51.6 Å². The molecule has 11 heteroatoms. The molecule has 3 aliphatic rings. The zero-order valence-electron chi connectivity index (χ0n) is 23.7. The first-order valence-corrected chi connectivity index (χ1v) is 14.3. The molecule has 220 valence electrons. The predicted molar refractivity (Wildman–Crippen MR) is 148 cm³/mol. The monoisotopic (exact) mass is 557 g/mol. The molecule has 1 aromatic rings. The van der Waals surface area contributed by atoms with Crippen LogP contribution in [0.5, 0.6) is 0 Å². The fourth-order valence-electron chi connectivity index (χ4n) is 5.80. The van der Waals surface area contributed by atoms with Gasteiger partial charge in [0.2, 0.25) is 23.6 Å². The Kier molecular flexibility index (Phi) is 10.9. The third kappa shape index (κ3) is 8.25. The largest absolute Gasteiger partial charge is 0.377 e. The lowest BCUT2D eigenvalue weighted by Gasteiger charge is -2.39. The zero-order valence-corrected chi connectivity index (χ0v) is 23.7. The summed E-state index contributed by atoms with van der Waals surface area (Å²) >= 11 is 0. The second-order valence-electron chi connectivity index (χ2n) is 11.2. The molecule has 1 aromatic carbocycles. The van der Waals surface area contributed by atoms with Crippen LogP contribution in [0.15, 0.2) is 30.3 Å². The number of piperidine rings is 1. The third-order valence-electron chi connectivity index (χ3n) is 8.24. The Labute approximate surface area is 236 Å². The molecule has 11 nitrogen and oxygen atoms in total. The second-order valence-corrected chi connectivity index (χ2v) is 11.2. The Hall–Kier alpha value is -3.02. The SMILES string of the molecule is CN(C)[C@H]1C[C@H]2C(=O)NCCOCCOCC(=O)N3CC[C@@H](CC(=O)NCc4ccccc4)[C@@H](CC(=O)N2C1)C3. The minimum absolute atomic E-state index is 0.0539. The molecule has 2 N–H and O–H groups in total. The van der Waals surface area contributed by atoms with E-state index in [4.69, 9.17) is 9.47 Å². The molecule has 0 unspecified atom stereocenters. The number of likely N-dealkylation sites (N-methyl/N-ethyl adjacent to an activating group) is 1. The van der Waals surface area contributed by atoms with Crippen molar-refractivity contribution in [3.05, 3.63) is 35.9 Å². The number of fused-ring (bicyclic) bond motifs is 3. The topological polar surface area (TPSA) is 121 Å². The molecule has 3 saturated heterocycles. The Morgan fingerprint density at radius 3 is 2.60 bits per heavy atom. The van der Waals surface area contributed by atoms with Crippen molar-refractivity contribution in [1.82, 2.24) is 25.3 Å². The number of nitrogens with one attached hydrogen (secondary N) is 2. The summed E-state index contributed by atoms with van der Waals surface area (Å²) in [5, 5.41) is 5.91. The van der Waals surface area contributed by atoms with Gasteiger partial charge in [-0.1, -0.05) is 30.3 Å². The van der Waals surface area contributed by atoms with E-state index < -0.39 is 6.04 Å². The summed E-state index contributed by atoms with van der Waals surface area (Å²) in [5.74, 6) is -0.751. The Bertz CT molecular complexity index is 1020. The van der Waals surface area contributed by atoms with E-state index in [-0.39, 0.29) is 67.6 Å². The van der Waals surface area contributed by atoms with Crippen molar-refractivity contribution in [1.29, 1.82) is 0 Å². The lowest BCUT2D eigenvalue weighted by Crippen LogP contribution is -2.50. The van der Waals surface area contributed by atoms with Gasteiger partial charge in [0.1, 0.15) is 12.6 Å². The number of hydrogen-bond acceptors (Lipinski definition) is 7. The molecule has 3 heterocycles. The lowest BCUT2D eigenvalue weighted by atomic mass is 9.80. The van der Waals surface area contributed by atoms with Crippen LogP contribution < -0.4 is 10.6 Å². The molecule has 4 amide bonds. The van der Waals surface area contributed by atoms with E-state index in [1.165, 1.54) is 0 Å². The van der Waals surface area contributed by atoms with E-state index in [1.807, 2.05) is 49.3 Å². The Balaban J connectivity index is 1.48. The fourth-order valence-corrected chi connectivity index (χ4v) is 5.80. The van der Waals surface area contributed by atoms with Crippen molar-refractivity contribution in [2.75, 3.05) is 66.7 Å². The summed E-state index contributed by atoms with van der Waals surface area (Å²) < 4.78 is 11.0. The molecule has 0 spiro atoms. The number of carbonyl (C=O) groups excluding carboxylic acids is 4. The van der Waals surface area contributed by atoms with Gasteiger partial charge in [0.05, 0.1) is 19.8 Å². The normalized spacial score (nSPS) is 27.2. The highest BCUT2D eigenvalue weighted by Crippen LogP contribution is 2.32. The molecule has 40 heavy (non-hydrogen) atoms. The molecular formula is C29H43N5O6. The van der Waals surface area contributed by atoms with E-state index in [1.54, 1.807) is 9.80 Å². The van der Waals surface area contributed by atoms with E-state index >= 15 is 0 Å². The lowest BCUT2D eigenvalue weighted by molar-refractivity contribution is -0.143. The van der Waals surface area contributed by atoms with E-state index in [2.05, 4.69) is 10.6 Å². The molecule has 3 fully saturated rings. The molecule has 4 rings (SSSR count). The summed E-state index contributed by atoms with van der Waals surface area (Å²) in [6.07, 6.45) is 1.63. The summed E-state index contributed by atoms with van der Waals surface area (Å²) in [7, 11) is 3.91. The highest BCUT2D eigenvalue weighted by Gasteiger charge is 2.42. The van der Waals surface area contributed by atoms with Gasteiger partial charge >= 0.3 is 0 Å². The van der Waals surface area contributed by atoms with Gasteiger partial charge in [0.25, 0.3) is 0 Å². The van der Waals surface area contributed by atoms with E-state index in [0.717, 1.165) is 5.56 Å². The van der Waals surface area contributed by atoms with Gasteiger partial charge in [-0.2, -0.15) is 0 Å². The number of carbonyl (C=O) groups is 4. The second kappa shape index (κ2) is 14.6. The molecule has 3 aliphatic heterocycles. The Morgan fingerprint density at radius 2 is 1.82 bits per heavy atom. The summed E-state index contributed by atoms with van der Waals surface area (Å²) in [6, 6.07) is 9.24. The number of hydrogen-bond donors (Lipinski definition) is 2. The van der Waals surface area contributed by atoms with Gasteiger partial charge in [-0.05, 0) is 44.3 Å². The predicted octanol–water partition coefficient (Wildman–Crippen LogP) is 0.242. The maximum Gasteiger partial charge on any atom is 0.248 e.